The standard InChI is InChI=1S/C9H19NO/c1-5-11-8(4)9(10)6-7(2)3/h7,9H,4-6,10H2,1-3H3. The van der Waals surface area contributed by atoms with Crippen molar-refractivity contribution >= 4 is 0 Å². The van der Waals surface area contributed by atoms with Gasteiger partial charge in [-0.3, -0.25) is 0 Å². The third-order valence-corrected chi connectivity index (χ3v) is 1.47. The zero-order chi connectivity index (χ0) is 8.85. The second-order valence-corrected chi connectivity index (χ2v) is 3.14. The van der Waals surface area contributed by atoms with Crippen LogP contribution in [0.5, 0.6) is 0 Å². The Balaban J connectivity index is 3.64. The summed E-state index contributed by atoms with van der Waals surface area (Å²) in [7, 11) is 0. The summed E-state index contributed by atoms with van der Waals surface area (Å²) in [5, 5.41) is 0. The van der Waals surface area contributed by atoms with Gasteiger partial charge in [0.25, 0.3) is 0 Å². The van der Waals surface area contributed by atoms with E-state index in [1.807, 2.05) is 6.92 Å². The lowest BCUT2D eigenvalue weighted by molar-refractivity contribution is 0.204. The maximum atomic E-state index is 5.78. The fourth-order valence-corrected chi connectivity index (χ4v) is 0.932. The van der Waals surface area contributed by atoms with Gasteiger partial charge < -0.3 is 10.5 Å². The highest BCUT2D eigenvalue weighted by atomic mass is 16.5. The van der Waals surface area contributed by atoms with E-state index in [1.54, 1.807) is 0 Å². The number of nitrogens with two attached hydrogens (primary N) is 1. The molecule has 0 amide bonds. The average molecular weight is 157 g/mol. The van der Waals surface area contributed by atoms with Gasteiger partial charge in [-0.2, -0.15) is 0 Å². The first-order valence-electron chi connectivity index (χ1n) is 4.15. The van der Waals surface area contributed by atoms with Gasteiger partial charge in [0.1, 0.15) is 5.76 Å². The maximum Gasteiger partial charge on any atom is 0.105 e. The first kappa shape index (κ1) is 10.5. The molecule has 0 saturated heterocycles. The minimum atomic E-state index is -0.00468. The van der Waals surface area contributed by atoms with Gasteiger partial charge in [-0.05, 0) is 19.3 Å². The van der Waals surface area contributed by atoms with E-state index in [-0.39, 0.29) is 6.04 Å². The van der Waals surface area contributed by atoms with E-state index in [4.69, 9.17) is 10.5 Å². The van der Waals surface area contributed by atoms with Crippen LogP contribution in [0.1, 0.15) is 27.2 Å². The summed E-state index contributed by atoms with van der Waals surface area (Å²) in [6.45, 7) is 10.6. The predicted octanol–water partition coefficient (Wildman–Crippen LogP) is 1.91. The first-order chi connectivity index (χ1) is 5.07. The van der Waals surface area contributed by atoms with Gasteiger partial charge in [-0.15, -0.1) is 0 Å². The van der Waals surface area contributed by atoms with E-state index in [1.165, 1.54) is 0 Å². The van der Waals surface area contributed by atoms with E-state index in [9.17, 15) is 0 Å². The van der Waals surface area contributed by atoms with E-state index >= 15 is 0 Å². The molecule has 66 valence electrons. The van der Waals surface area contributed by atoms with Gasteiger partial charge in [0.15, 0.2) is 0 Å². The summed E-state index contributed by atoms with van der Waals surface area (Å²) in [5.41, 5.74) is 5.78. The SMILES string of the molecule is C=C(OCC)C(N)CC(C)C. The molecule has 0 aliphatic rings. The van der Waals surface area contributed by atoms with Crippen molar-refractivity contribution in [3.05, 3.63) is 12.3 Å². The molecule has 0 rings (SSSR count). The van der Waals surface area contributed by atoms with Crippen molar-refractivity contribution in [2.24, 2.45) is 11.7 Å². The van der Waals surface area contributed by atoms with Crippen LogP contribution in [0.25, 0.3) is 0 Å². The van der Waals surface area contributed by atoms with E-state index in [2.05, 4.69) is 20.4 Å². The van der Waals surface area contributed by atoms with Gasteiger partial charge in [-0.1, -0.05) is 20.4 Å². The van der Waals surface area contributed by atoms with Gasteiger partial charge in [0.2, 0.25) is 0 Å². The molecule has 2 heteroatoms. The minimum absolute atomic E-state index is 0.00468. The third-order valence-electron chi connectivity index (χ3n) is 1.47. The average Bonchev–Trinajstić information content (AvgIpc) is 1.86. The highest BCUT2D eigenvalue weighted by Gasteiger charge is 2.09. The highest BCUT2D eigenvalue weighted by molar-refractivity contribution is 4.94. The third kappa shape index (κ3) is 4.85. The number of hydrogen-bond acceptors (Lipinski definition) is 2. The Kier molecular flexibility index (Phi) is 4.95. The van der Waals surface area contributed by atoms with Gasteiger partial charge in [0, 0.05) is 0 Å². The van der Waals surface area contributed by atoms with Crippen LogP contribution < -0.4 is 5.73 Å². The predicted molar refractivity (Wildman–Crippen MR) is 48.2 cm³/mol. The summed E-state index contributed by atoms with van der Waals surface area (Å²) in [6.07, 6.45) is 0.943. The van der Waals surface area contributed by atoms with Crippen molar-refractivity contribution in [1.82, 2.24) is 0 Å². The summed E-state index contributed by atoms with van der Waals surface area (Å²) >= 11 is 0. The zero-order valence-electron chi connectivity index (χ0n) is 7.76. The molecule has 0 radical (unpaired) electrons. The Morgan fingerprint density at radius 2 is 2.09 bits per heavy atom. The quantitative estimate of drug-likeness (QED) is 0.619. The van der Waals surface area contributed by atoms with Crippen LogP contribution in [0.3, 0.4) is 0 Å². The van der Waals surface area contributed by atoms with Crippen molar-refractivity contribution in [2.75, 3.05) is 6.61 Å². The van der Waals surface area contributed by atoms with Crippen LogP contribution in [0.15, 0.2) is 12.3 Å². The minimum Gasteiger partial charge on any atom is -0.497 e. The molecule has 0 aromatic rings. The Bertz CT molecular complexity index is 121. The molecular formula is C9H19NO. The molecule has 0 spiro atoms. The Morgan fingerprint density at radius 3 is 2.45 bits per heavy atom. The molecule has 0 saturated carbocycles. The van der Waals surface area contributed by atoms with E-state index in [0.29, 0.717) is 18.3 Å². The summed E-state index contributed by atoms with van der Waals surface area (Å²) in [5.74, 6) is 1.31. The van der Waals surface area contributed by atoms with Crippen LogP contribution in [-0.2, 0) is 4.74 Å². The van der Waals surface area contributed by atoms with Crippen LogP contribution in [0.2, 0.25) is 0 Å². The molecule has 2 nitrogen and oxygen atoms in total. The Labute approximate surface area is 69.4 Å². The molecule has 0 aromatic heterocycles. The van der Waals surface area contributed by atoms with Gasteiger partial charge in [0.05, 0.1) is 12.6 Å². The Hall–Kier alpha value is -0.500. The second kappa shape index (κ2) is 5.19. The molecule has 1 atom stereocenters. The summed E-state index contributed by atoms with van der Waals surface area (Å²) < 4.78 is 5.19. The number of rotatable bonds is 5. The van der Waals surface area contributed by atoms with E-state index in [0.717, 1.165) is 6.42 Å². The fourth-order valence-electron chi connectivity index (χ4n) is 0.932. The molecule has 0 heterocycles. The number of hydrogen-bond donors (Lipinski definition) is 1. The molecule has 0 aromatic carbocycles. The normalized spacial score (nSPS) is 13.2. The zero-order valence-corrected chi connectivity index (χ0v) is 7.76. The van der Waals surface area contributed by atoms with Crippen molar-refractivity contribution < 1.29 is 4.74 Å². The van der Waals surface area contributed by atoms with Crippen LogP contribution in [0, 0.1) is 5.92 Å². The van der Waals surface area contributed by atoms with Crippen molar-refractivity contribution in [3.8, 4) is 0 Å². The summed E-state index contributed by atoms with van der Waals surface area (Å²) in [4.78, 5) is 0. The van der Waals surface area contributed by atoms with Crippen LogP contribution in [-0.4, -0.2) is 12.6 Å². The second-order valence-electron chi connectivity index (χ2n) is 3.14. The monoisotopic (exact) mass is 157 g/mol. The topological polar surface area (TPSA) is 35.2 Å². The molecule has 2 N–H and O–H groups in total. The lowest BCUT2D eigenvalue weighted by Crippen LogP contribution is -2.25. The van der Waals surface area contributed by atoms with Crippen molar-refractivity contribution in [3.63, 3.8) is 0 Å². The molecule has 0 fully saturated rings. The maximum absolute atomic E-state index is 5.78. The smallest absolute Gasteiger partial charge is 0.105 e. The molecule has 0 aliphatic carbocycles. The molecule has 0 aliphatic heterocycles. The lowest BCUT2D eigenvalue weighted by Gasteiger charge is -2.16. The Morgan fingerprint density at radius 1 is 1.55 bits per heavy atom. The summed E-state index contributed by atoms with van der Waals surface area (Å²) in [6, 6.07) is -0.00468. The van der Waals surface area contributed by atoms with Crippen molar-refractivity contribution in [2.45, 2.75) is 33.2 Å². The fraction of sp³-hybridized carbons (Fsp3) is 0.778. The number of ether oxygens (including phenoxy) is 1. The first-order valence-corrected chi connectivity index (χ1v) is 4.15. The van der Waals surface area contributed by atoms with E-state index < -0.39 is 0 Å². The molecule has 1 unspecified atom stereocenters. The molecular weight excluding hydrogens is 138 g/mol. The largest absolute Gasteiger partial charge is 0.497 e. The van der Waals surface area contributed by atoms with Crippen LogP contribution >= 0.6 is 0 Å². The van der Waals surface area contributed by atoms with Gasteiger partial charge in [-0.25, -0.2) is 0 Å². The molecule has 0 bridgehead atoms. The lowest BCUT2D eigenvalue weighted by atomic mass is 10.0. The highest BCUT2D eigenvalue weighted by Crippen LogP contribution is 2.09. The van der Waals surface area contributed by atoms with Gasteiger partial charge >= 0.3 is 0 Å². The van der Waals surface area contributed by atoms with Crippen molar-refractivity contribution in [1.29, 1.82) is 0 Å². The van der Waals surface area contributed by atoms with Crippen LogP contribution in [0.4, 0.5) is 0 Å². The molecule has 11 heavy (non-hydrogen) atoms.